The van der Waals surface area contributed by atoms with Gasteiger partial charge in [0.1, 0.15) is 5.01 Å². The second kappa shape index (κ2) is 5.06. The van der Waals surface area contributed by atoms with Crippen molar-refractivity contribution in [3.63, 3.8) is 0 Å². The number of imidazole rings is 1. The molecule has 3 heterocycles. The number of anilines is 1. The first-order valence-corrected chi connectivity index (χ1v) is 6.95. The van der Waals surface area contributed by atoms with E-state index in [1.807, 2.05) is 6.92 Å². The Bertz CT molecular complexity index is 592. The van der Waals surface area contributed by atoms with Crippen molar-refractivity contribution in [3.05, 3.63) is 22.7 Å². The van der Waals surface area contributed by atoms with Crippen LogP contribution in [-0.4, -0.2) is 32.1 Å². The summed E-state index contributed by atoms with van der Waals surface area (Å²) in [4.78, 5) is 19.4. The van der Waals surface area contributed by atoms with Crippen molar-refractivity contribution in [3.8, 4) is 0 Å². The molecule has 0 bridgehead atoms. The van der Waals surface area contributed by atoms with E-state index in [0.717, 1.165) is 22.8 Å². The molecule has 0 aliphatic carbocycles. The maximum absolute atomic E-state index is 12.1. The van der Waals surface area contributed by atoms with Crippen LogP contribution >= 0.6 is 11.3 Å². The number of rotatable bonds is 3. The van der Waals surface area contributed by atoms with Crippen LogP contribution in [0.15, 0.2) is 6.33 Å². The van der Waals surface area contributed by atoms with Crippen molar-refractivity contribution in [2.75, 3.05) is 5.32 Å². The van der Waals surface area contributed by atoms with Crippen molar-refractivity contribution < 1.29 is 4.79 Å². The van der Waals surface area contributed by atoms with Gasteiger partial charge >= 0.3 is 0 Å². The Balaban J connectivity index is 1.65. The fourth-order valence-corrected chi connectivity index (χ4v) is 2.68. The lowest BCUT2D eigenvalue weighted by molar-refractivity contribution is -0.118. The molecule has 0 radical (unpaired) electrons. The molecule has 2 aromatic rings. The summed E-state index contributed by atoms with van der Waals surface area (Å²) in [5, 5.41) is 15.4. The number of aromatic nitrogens is 4. The molecule has 100 valence electrons. The lowest BCUT2D eigenvalue weighted by Crippen LogP contribution is -2.44. The van der Waals surface area contributed by atoms with E-state index in [2.05, 4.69) is 30.8 Å². The van der Waals surface area contributed by atoms with Crippen LogP contribution in [0.25, 0.3) is 0 Å². The van der Waals surface area contributed by atoms with Crippen molar-refractivity contribution >= 4 is 22.4 Å². The maximum Gasteiger partial charge on any atom is 0.243 e. The van der Waals surface area contributed by atoms with Gasteiger partial charge in [-0.05, 0) is 6.42 Å². The Morgan fingerprint density at radius 1 is 1.58 bits per heavy atom. The zero-order chi connectivity index (χ0) is 13.2. The van der Waals surface area contributed by atoms with E-state index in [4.69, 9.17) is 0 Å². The normalized spacial score (nSPS) is 18.1. The third-order valence-electron chi connectivity index (χ3n) is 3.05. The molecule has 19 heavy (non-hydrogen) atoms. The van der Waals surface area contributed by atoms with Gasteiger partial charge in [0, 0.05) is 13.0 Å². The monoisotopic (exact) mass is 278 g/mol. The standard InChI is InChI=1S/C11H14N6OS/c1-2-9-16-17-11(19-9)15-10(18)7-3-6-8(4-12-7)14-5-13-6/h5,7,12H,2-4H2,1H3,(H,13,14)(H,15,17,18). The minimum atomic E-state index is -0.273. The van der Waals surface area contributed by atoms with Gasteiger partial charge in [-0.1, -0.05) is 18.3 Å². The number of amides is 1. The van der Waals surface area contributed by atoms with Crippen molar-refractivity contribution in [2.45, 2.75) is 32.4 Å². The van der Waals surface area contributed by atoms with Crippen LogP contribution in [0.2, 0.25) is 0 Å². The molecule has 0 saturated heterocycles. The summed E-state index contributed by atoms with van der Waals surface area (Å²) in [6.07, 6.45) is 3.07. The number of nitrogens with zero attached hydrogens (tertiary/aromatic N) is 3. The number of aromatic amines is 1. The summed E-state index contributed by atoms with van der Waals surface area (Å²) in [5.41, 5.74) is 2.00. The third kappa shape index (κ3) is 2.49. The quantitative estimate of drug-likeness (QED) is 0.759. The van der Waals surface area contributed by atoms with Crippen LogP contribution in [0, 0.1) is 0 Å². The van der Waals surface area contributed by atoms with Crippen molar-refractivity contribution in [1.29, 1.82) is 0 Å². The van der Waals surface area contributed by atoms with Gasteiger partial charge < -0.3 is 4.98 Å². The van der Waals surface area contributed by atoms with Crippen LogP contribution in [0.5, 0.6) is 0 Å². The molecule has 1 atom stereocenters. The van der Waals surface area contributed by atoms with Gasteiger partial charge in [-0.2, -0.15) is 0 Å². The number of hydrogen-bond donors (Lipinski definition) is 3. The molecule has 1 aliphatic heterocycles. The number of fused-ring (bicyclic) bond motifs is 1. The summed E-state index contributed by atoms with van der Waals surface area (Å²) in [6, 6.07) is -0.273. The lowest BCUT2D eigenvalue weighted by atomic mass is 10.1. The van der Waals surface area contributed by atoms with E-state index in [1.165, 1.54) is 11.3 Å². The molecule has 3 N–H and O–H groups in total. The molecule has 2 aromatic heterocycles. The van der Waals surface area contributed by atoms with Gasteiger partial charge in [0.05, 0.1) is 23.8 Å². The smallest absolute Gasteiger partial charge is 0.243 e. The summed E-state index contributed by atoms with van der Waals surface area (Å²) < 4.78 is 0. The van der Waals surface area contributed by atoms with E-state index in [1.54, 1.807) is 6.33 Å². The Hall–Kier alpha value is -1.80. The fraction of sp³-hybridized carbons (Fsp3) is 0.455. The van der Waals surface area contributed by atoms with Crippen LogP contribution in [-0.2, 0) is 24.2 Å². The molecule has 0 aromatic carbocycles. The molecule has 0 fully saturated rings. The Labute approximate surface area is 113 Å². The molecule has 7 nitrogen and oxygen atoms in total. The highest BCUT2D eigenvalue weighted by molar-refractivity contribution is 7.15. The van der Waals surface area contributed by atoms with Gasteiger partial charge in [-0.15, -0.1) is 10.2 Å². The minimum Gasteiger partial charge on any atom is -0.347 e. The first kappa shape index (κ1) is 12.2. The van der Waals surface area contributed by atoms with Crippen LogP contribution in [0.4, 0.5) is 5.13 Å². The molecule has 3 rings (SSSR count). The van der Waals surface area contributed by atoms with Gasteiger partial charge in [-0.25, -0.2) is 4.98 Å². The Morgan fingerprint density at radius 2 is 2.47 bits per heavy atom. The van der Waals surface area contributed by atoms with E-state index < -0.39 is 0 Å². The molecule has 1 amide bonds. The average Bonchev–Trinajstić information content (AvgIpc) is 3.05. The zero-order valence-electron chi connectivity index (χ0n) is 10.4. The van der Waals surface area contributed by atoms with Crippen molar-refractivity contribution in [2.24, 2.45) is 0 Å². The van der Waals surface area contributed by atoms with Crippen molar-refractivity contribution in [1.82, 2.24) is 25.5 Å². The molecule has 0 spiro atoms. The fourth-order valence-electron chi connectivity index (χ4n) is 1.99. The number of hydrogen-bond acceptors (Lipinski definition) is 6. The maximum atomic E-state index is 12.1. The van der Waals surface area contributed by atoms with Crippen LogP contribution in [0.3, 0.4) is 0 Å². The average molecular weight is 278 g/mol. The van der Waals surface area contributed by atoms with Gasteiger partial charge in [0.15, 0.2) is 0 Å². The number of nitrogens with one attached hydrogen (secondary N) is 3. The van der Waals surface area contributed by atoms with Crippen LogP contribution in [0.1, 0.15) is 23.3 Å². The third-order valence-corrected chi connectivity index (χ3v) is 4.03. The Morgan fingerprint density at radius 3 is 3.26 bits per heavy atom. The number of carbonyl (C=O) groups excluding carboxylic acids is 1. The largest absolute Gasteiger partial charge is 0.347 e. The van der Waals surface area contributed by atoms with E-state index in [-0.39, 0.29) is 11.9 Å². The lowest BCUT2D eigenvalue weighted by Gasteiger charge is -2.21. The molecular formula is C11H14N6OS. The second-order valence-electron chi connectivity index (χ2n) is 4.31. The summed E-state index contributed by atoms with van der Waals surface area (Å²) >= 11 is 1.41. The molecule has 8 heteroatoms. The number of aryl methyl sites for hydroxylation is 1. The first-order chi connectivity index (χ1) is 9.26. The predicted octanol–water partition coefficient (Wildman–Crippen LogP) is 0.477. The number of H-pyrrole nitrogens is 1. The first-order valence-electron chi connectivity index (χ1n) is 6.14. The van der Waals surface area contributed by atoms with Gasteiger partial charge in [0.2, 0.25) is 11.0 Å². The number of carbonyl (C=O) groups is 1. The predicted molar refractivity (Wildman–Crippen MR) is 70.8 cm³/mol. The van der Waals surface area contributed by atoms with Gasteiger partial charge in [0.25, 0.3) is 0 Å². The highest BCUT2D eigenvalue weighted by Crippen LogP contribution is 2.17. The Kier molecular flexibility index (Phi) is 3.26. The van der Waals surface area contributed by atoms with E-state index in [0.29, 0.717) is 18.1 Å². The topological polar surface area (TPSA) is 95.6 Å². The highest BCUT2D eigenvalue weighted by atomic mass is 32.1. The van der Waals surface area contributed by atoms with Crippen LogP contribution < -0.4 is 10.6 Å². The molecule has 1 aliphatic rings. The SMILES string of the molecule is CCc1nnc(NC(=O)C2Cc3nc[nH]c3CN2)s1. The molecule has 1 unspecified atom stereocenters. The zero-order valence-corrected chi connectivity index (χ0v) is 11.3. The minimum absolute atomic E-state index is 0.0903. The van der Waals surface area contributed by atoms with E-state index in [9.17, 15) is 4.79 Å². The van der Waals surface area contributed by atoms with E-state index >= 15 is 0 Å². The summed E-state index contributed by atoms with van der Waals surface area (Å²) in [7, 11) is 0. The summed E-state index contributed by atoms with van der Waals surface area (Å²) in [6.45, 7) is 2.64. The van der Waals surface area contributed by atoms with Gasteiger partial charge in [-0.3, -0.25) is 15.4 Å². The molecule has 0 saturated carbocycles. The second-order valence-corrected chi connectivity index (χ2v) is 5.37. The summed E-state index contributed by atoms with van der Waals surface area (Å²) in [5.74, 6) is -0.0903. The highest BCUT2D eigenvalue weighted by Gasteiger charge is 2.26. The molecular weight excluding hydrogens is 264 g/mol.